The number of halogens is 1. The molecule has 80 valence electrons. The van der Waals surface area contributed by atoms with Crippen LogP contribution in [0, 0.1) is 0 Å². The van der Waals surface area contributed by atoms with Crippen molar-refractivity contribution in [2.45, 2.75) is 0 Å². The van der Waals surface area contributed by atoms with E-state index in [4.69, 9.17) is 16.0 Å². The molecule has 0 saturated heterocycles. The lowest BCUT2D eigenvalue weighted by molar-refractivity contribution is 0.616. The molecule has 0 aromatic carbocycles. The molecule has 0 spiro atoms. The van der Waals surface area contributed by atoms with Crippen LogP contribution in [0.25, 0.3) is 22.4 Å². The summed E-state index contributed by atoms with van der Waals surface area (Å²) >= 11 is 5.84. The van der Waals surface area contributed by atoms with Crippen LogP contribution in [0.3, 0.4) is 0 Å². The zero-order valence-electron chi connectivity index (χ0n) is 8.51. The highest BCUT2D eigenvalue weighted by Gasteiger charge is 2.11. The number of hydrogen-bond donors (Lipinski definition) is 0. The molecule has 0 fully saturated rings. The summed E-state index contributed by atoms with van der Waals surface area (Å²) in [6, 6.07) is 3.66. The molecule has 0 bridgehead atoms. The van der Waals surface area contributed by atoms with E-state index in [0.29, 0.717) is 10.6 Å². The molecular formula is C11H8ClN3O. The standard InChI is InChI=1S/C11H8ClN3O/c1-15-3-2-9(14-15)8-6-16-10-4-7(12)5-13-11(8)10/h2-6H,1H3. The van der Waals surface area contributed by atoms with Gasteiger partial charge < -0.3 is 4.42 Å². The molecule has 0 radical (unpaired) electrons. The maximum atomic E-state index is 5.84. The van der Waals surface area contributed by atoms with E-state index < -0.39 is 0 Å². The fourth-order valence-corrected chi connectivity index (χ4v) is 1.78. The van der Waals surface area contributed by atoms with E-state index in [-0.39, 0.29) is 0 Å². The largest absolute Gasteiger partial charge is 0.462 e. The van der Waals surface area contributed by atoms with E-state index in [1.165, 1.54) is 0 Å². The Morgan fingerprint density at radius 3 is 3.06 bits per heavy atom. The SMILES string of the molecule is Cn1ccc(-c2coc3cc(Cl)cnc23)n1. The Hall–Kier alpha value is -1.81. The number of hydrogen-bond acceptors (Lipinski definition) is 3. The predicted octanol–water partition coefficient (Wildman–Crippen LogP) is 2.88. The third kappa shape index (κ3) is 1.39. The molecular weight excluding hydrogens is 226 g/mol. The summed E-state index contributed by atoms with van der Waals surface area (Å²) in [6.45, 7) is 0. The molecule has 4 nitrogen and oxygen atoms in total. The van der Waals surface area contributed by atoms with E-state index in [0.717, 1.165) is 16.8 Å². The summed E-state index contributed by atoms with van der Waals surface area (Å²) in [5.74, 6) is 0. The lowest BCUT2D eigenvalue weighted by Gasteiger charge is -1.92. The second-order valence-corrected chi connectivity index (χ2v) is 3.96. The van der Waals surface area contributed by atoms with Crippen LogP contribution in [-0.2, 0) is 7.05 Å². The average Bonchev–Trinajstić information content (AvgIpc) is 2.83. The number of aromatic nitrogens is 3. The van der Waals surface area contributed by atoms with Gasteiger partial charge in [0, 0.05) is 25.5 Å². The zero-order chi connectivity index (χ0) is 11.1. The number of fused-ring (bicyclic) bond motifs is 1. The van der Waals surface area contributed by atoms with Crippen LogP contribution in [-0.4, -0.2) is 14.8 Å². The molecule has 0 amide bonds. The van der Waals surface area contributed by atoms with Crippen LogP contribution >= 0.6 is 11.6 Å². The number of furan rings is 1. The molecule has 0 atom stereocenters. The molecule has 3 aromatic rings. The first-order valence-corrected chi connectivity index (χ1v) is 5.14. The zero-order valence-corrected chi connectivity index (χ0v) is 9.27. The van der Waals surface area contributed by atoms with Crippen molar-refractivity contribution in [2.75, 3.05) is 0 Å². The number of rotatable bonds is 1. The minimum atomic E-state index is 0.564. The average molecular weight is 234 g/mol. The number of aryl methyl sites for hydroxylation is 1. The third-order valence-electron chi connectivity index (χ3n) is 2.37. The lowest BCUT2D eigenvalue weighted by atomic mass is 10.2. The molecule has 0 aliphatic carbocycles. The summed E-state index contributed by atoms with van der Waals surface area (Å²) in [5, 5.41) is 4.87. The van der Waals surface area contributed by atoms with Gasteiger partial charge in [-0.25, -0.2) is 0 Å². The highest BCUT2D eigenvalue weighted by atomic mass is 35.5. The summed E-state index contributed by atoms with van der Waals surface area (Å²) in [7, 11) is 1.87. The molecule has 0 saturated carbocycles. The van der Waals surface area contributed by atoms with Gasteiger partial charge in [-0.3, -0.25) is 9.67 Å². The Morgan fingerprint density at radius 2 is 2.31 bits per heavy atom. The van der Waals surface area contributed by atoms with Gasteiger partial charge in [0.25, 0.3) is 0 Å². The molecule has 16 heavy (non-hydrogen) atoms. The quantitative estimate of drug-likeness (QED) is 0.649. The van der Waals surface area contributed by atoms with E-state index >= 15 is 0 Å². The van der Waals surface area contributed by atoms with Gasteiger partial charge in [-0.1, -0.05) is 11.6 Å². The van der Waals surface area contributed by atoms with Crippen molar-refractivity contribution in [2.24, 2.45) is 7.05 Å². The predicted molar refractivity (Wildman–Crippen MR) is 61.2 cm³/mol. The Labute approximate surface area is 96.5 Å². The van der Waals surface area contributed by atoms with Gasteiger partial charge >= 0.3 is 0 Å². The monoisotopic (exact) mass is 233 g/mol. The minimum Gasteiger partial charge on any atom is -0.462 e. The van der Waals surface area contributed by atoms with Crippen LogP contribution in [0.15, 0.2) is 35.2 Å². The first-order chi connectivity index (χ1) is 7.74. The number of pyridine rings is 1. The summed E-state index contributed by atoms with van der Waals surface area (Å²) in [5.41, 5.74) is 3.18. The number of nitrogens with zero attached hydrogens (tertiary/aromatic N) is 3. The van der Waals surface area contributed by atoms with E-state index in [2.05, 4.69) is 10.1 Å². The van der Waals surface area contributed by atoms with Crippen molar-refractivity contribution in [3.8, 4) is 11.3 Å². The van der Waals surface area contributed by atoms with Crippen molar-refractivity contribution < 1.29 is 4.42 Å². The van der Waals surface area contributed by atoms with Gasteiger partial charge in [-0.15, -0.1) is 0 Å². The van der Waals surface area contributed by atoms with Crippen LogP contribution in [0.4, 0.5) is 0 Å². The summed E-state index contributed by atoms with van der Waals surface area (Å²) in [4.78, 5) is 4.25. The smallest absolute Gasteiger partial charge is 0.154 e. The molecule has 3 aromatic heterocycles. The van der Waals surface area contributed by atoms with Crippen molar-refractivity contribution in [3.05, 3.63) is 35.8 Å². The van der Waals surface area contributed by atoms with Crippen molar-refractivity contribution in [1.29, 1.82) is 0 Å². The van der Waals surface area contributed by atoms with Gasteiger partial charge in [-0.2, -0.15) is 5.10 Å². The summed E-state index contributed by atoms with van der Waals surface area (Å²) < 4.78 is 7.14. The highest BCUT2D eigenvalue weighted by molar-refractivity contribution is 6.31. The van der Waals surface area contributed by atoms with Gasteiger partial charge in [0.15, 0.2) is 5.58 Å². The van der Waals surface area contributed by atoms with Gasteiger partial charge in [-0.05, 0) is 6.07 Å². The van der Waals surface area contributed by atoms with Crippen molar-refractivity contribution >= 4 is 22.7 Å². The molecule has 0 aliphatic rings. The van der Waals surface area contributed by atoms with Crippen LogP contribution in [0.5, 0.6) is 0 Å². The van der Waals surface area contributed by atoms with Crippen LogP contribution < -0.4 is 0 Å². The molecule has 0 N–H and O–H groups in total. The fraction of sp³-hybridized carbons (Fsp3) is 0.0909. The van der Waals surface area contributed by atoms with E-state index in [1.807, 2.05) is 19.3 Å². The Balaban J connectivity index is 2.25. The first-order valence-electron chi connectivity index (χ1n) is 4.77. The van der Waals surface area contributed by atoms with Gasteiger partial charge in [0.2, 0.25) is 0 Å². The highest BCUT2D eigenvalue weighted by Crippen LogP contribution is 2.28. The molecule has 0 aliphatic heterocycles. The van der Waals surface area contributed by atoms with Gasteiger partial charge in [0.05, 0.1) is 16.3 Å². The second kappa shape index (κ2) is 3.35. The lowest BCUT2D eigenvalue weighted by Crippen LogP contribution is -1.87. The normalized spacial score (nSPS) is 11.1. The third-order valence-corrected chi connectivity index (χ3v) is 2.57. The van der Waals surface area contributed by atoms with Gasteiger partial charge in [0.1, 0.15) is 11.8 Å². The topological polar surface area (TPSA) is 43.9 Å². The van der Waals surface area contributed by atoms with Crippen molar-refractivity contribution in [3.63, 3.8) is 0 Å². The van der Waals surface area contributed by atoms with Crippen molar-refractivity contribution in [1.82, 2.24) is 14.8 Å². The maximum absolute atomic E-state index is 5.84. The fourth-order valence-electron chi connectivity index (χ4n) is 1.63. The second-order valence-electron chi connectivity index (χ2n) is 3.52. The first kappa shape index (κ1) is 9.42. The van der Waals surface area contributed by atoms with Crippen LogP contribution in [0.2, 0.25) is 5.02 Å². The maximum Gasteiger partial charge on any atom is 0.154 e. The Morgan fingerprint density at radius 1 is 1.44 bits per heavy atom. The van der Waals surface area contributed by atoms with E-state index in [9.17, 15) is 0 Å². The van der Waals surface area contributed by atoms with E-state index in [1.54, 1.807) is 23.2 Å². The molecule has 3 heterocycles. The Bertz CT molecular complexity index is 656. The minimum absolute atomic E-state index is 0.564. The Kier molecular flexibility index (Phi) is 1.97. The summed E-state index contributed by atoms with van der Waals surface area (Å²) in [6.07, 6.45) is 5.13. The molecule has 5 heteroatoms. The molecule has 3 rings (SSSR count). The van der Waals surface area contributed by atoms with Crippen LogP contribution in [0.1, 0.15) is 0 Å². The molecule has 0 unspecified atom stereocenters.